The van der Waals surface area contributed by atoms with Crippen molar-refractivity contribution in [1.82, 2.24) is 9.88 Å². The van der Waals surface area contributed by atoms with E-state index in [1.807, 2.05) is 11.4 Å². The van der Waals surface area contributed by atoms with Gasteiger partial charge in [-0.3, -0.25) is 4.90 Å². The van der Waals surface area contributed by atoms with E-state index < -0.39 is 9.84 Å². The van der Waals surface area contributed by atoms with E-state index in [-0.39, 0.29) is 6.10 Å². The van der Waals surface area contributed by atoms with Crippen LogP contribution in [0.5, 0.6) is 0 Å². The first-order valence-electron chi connectivity index (χ1n) is 9.13. The van der Waals surface area contributed by atoms with Gasteiger partial charge in [0.2, 0.25) is 0 Å². The van der Waals surface area contributed by atoms with E-state index in [2.05, 4.69) is 29.2 Å². The number of morpholine rings is 1. The molecule has 0 spiro atoms. The van der Waals surface area contributed by atoms with E-state index in [1.54, 1.807) is 35.6 Å². The van der Waals surface area contributed by atoms with Crippen LogP contribution in [0.15, 0.2) is 64.9 Å². The van der Waals surface area contributed by atoms with Crippen LogP contribution in [-0.2, 0) is 21.1 Å². The molecule has 1 aliphatic heterocycles. The molecule has 1 fully saturated rings. The van der Waals surface area contributed by atoms with Crippen molar-refractivity contribution in [3.63, 3.8) is 0 Å². The molecule has 0 aliphatic carbocycles. The van der Waals surface area contributed by atoms with E-state index in [1.165, 1.54) is 11.8 Å². The fraction of sp³-hybridized carbons (Fsp3) is 0.286. The SMILES string of the molecule is CS(=O)(=O)c1ccc(-c2csc(C3CN(Cc4ccccc4)CCO3)n2)cc1. The molecule has 7 heteroatoms. The lowest BCUT2D eigenvalue weighted by Crippen LogP contribution is -2.37. The molecule has 1 aromatic heterocycles. The highest BCUT2D eigenvalue weighted by atomic mass is 32.2. The summed E-state index contributed by atoms with van der Waals surface area (Å²) < 4.78 is 29.2. The molecule has 0 bridgehead atoms. The average Bonchev–Trinajstić information content (AvgIpc) is 3.19. The third-order valence-electron chi connectivity index (χ3n) is 4.78. The second-order valence-electron chi connectivity index (χ2n) is 6.95. The summed E-state index contributed by atoms with van der Waals surface area (Å²) in [5.41, 5.74) is 3.06. The fourth-order valence-corrected chi connectivity index (χ4v) is 4.78. The van der Waals surface area contributed by atoms with Gasteiger partial charge >= 0.3 is 0 Å². The topological polar surface area (TPSA) is 59.5 Å². The standard InChI is InChI=1S/C21H22N2O3S2/c1-28(24,25)18-9-7-17(8-10-18)19-15-27-21(22-19)20-14-23(11-12-26-20)13-16-5-3-2-4-6-16/h2-10,15,20H,11-14H2,1H3. The van der Waals surface area contributed by atoms with E-state index in [4.69, 9.17) is 9.72 Å². The van der Waals surface area contributed by atoms with Crippen molar-refractivity contribution in [2.45, 2.75) is 17.5 Å². The Morgan fingerprint density at radius 1 is 1.14 bits per heavy atom. The van der Waals surface area contributed by atoms with Crippen LogP contribution in [0, 0.1) is 0 Å². The Hall–Kier alpha value is -2.06. The Kier molecular flexibility index (Phi) is 5.59. The maximum Gasteiger partial charge on any atom is 0.175 e. The number of thiazole rings is 1. The van der Waals surface area contributed by atoms with E-state index in [0.717, 1.165) is 35.9 Å². The maximum absolute atomic E-state index is 11.6. The second kappa shape index (κ2) is 8.13. The van der Waals surface area contributed by atoms with Gasteiger partial charge in [-0.05, 0) is 17.7 Å². The zero-order valence-electron chi connectivity index (χ0n) is 15.6. The lowest BCUT2D eigenvalue weighted by atomic mass is 10.2. The molecule has 2 heterocycles. The number of rotatable bonds is 5. The van der Waals surface area contributed by atoms with Gasteiger partial charge in [0.1, 0.15) is 11.1 Å². The third kappa shape index (κ3) is 4.50. The summed E-state index contributed by atoms with van der Waals surface area (Å²) >= 11 is 1.59. The number of hydrogen-bond acceptors (Lipinski definition) is 6. The highest BCUT2D eigenvalue weighted by Crippen LogP contribution is 2.30. The molecule has 28 heavy (non-hydrogen) atoms. The molecular formula is C21H22N2O3S2. The minimum Gasteiger partial charge on any atom is -0.368 e. The van der Waals surface area contributed by atoms with Crippen LogP contribution in [0.25, 0.3) is 11.3 Å². The van der Waals surface area contributed by atoms with Crippen LogP contribution in [0.1, 0.15) is 16.7 Å². The molecule has 1 unspecified atom stereocenters. The Morgan fingerprint density at radius 2 is 1.89 bits per heavy atom. The molecule has 1 saturated heterocycles. The van der Waals surface area contributed by atoms with E-state index in [9.17, 15) is 8.42 Å². The first-order chi connectivity index (χ1) is 13.5. The van der Waals surface area contributed by atoms with Crippen molar-refractivity contribution >= 4 is 21.2 Å². The van der Waals surface area contributed by atoms with Crippen molar-refractivity contribution in [3.8, 4) is 11.3 Å². The fourth-order valence-electron chi connectivity index (χ4n) is 3.28. The zero-order valence-corrected chi connectivity index (χ0v) is 17.2. The number of aromatic nitrogens is 1. The summed E-state index contributed by atoms with van der Waals surface area (Å²) in [7, 11) is -3.19. The van der Waals surface area contributed by atoms with Gasteiger partial charge in [0.05, 0.1) is 17.2 Å². The molecule has 0 N–H and O–H groups in total. The lowest BCUT2D eigenvalue weighted by molar-refractivity contribution is -0.0329. The molecule has 0 radical (unpaired) electrons. The Labute approximate surface area is 169 Å². The molecule has 3 aromatic rings. The van der Waals surface area contributed by atoms with Gasteiger partial charge in [-0.25, -0.2) is 13.4 Å². The molecule has 0 saturated carbocycles. The van der Waals surface area contributed by atoms with Crippen molar-refractivity contribution in [3.05, 3.63) is 70.5 Å². The molecule has 1 aliphatic rings. The predicted molar refractivity (Wildman–Crippen MR) is 111 cm³/mol. The van der Waals surface area contributed by atoms with Crippen LogP contribution in [-0.4, -0.2) is 44.3 Å². The summed E-state index contributed by atoms with van der Waals surface area (Å²) in [5.74, 6) is 0. The second-order valence-corrected chi connectivity index (χ2v) is 9.85. The average molecular weight is 415 g/mol. The van der Waals surface area contributed by atoms with Gasteiger partial charge in [0, 0.05) is 36.8 Å². The van der Waals surface area contributed by atoms with Gasteiger partial charge in [-0.15, -0.1) is 11.3 Å². The summed E-state index contributed by atoms with van der Waals surface area (Å²) in [6, 6.07) is 17.3. The van der Waals surface area contributed by atoms with Crippen LogP contribution >= 0.6 is 11.3 Å². The Balaban J connectivity index is 1.46. The first-order valence-corrected chi connectivity index (χ1v) is 11.9. The number of hydrogen-bond donors (Lipinski definition) is 0. The largest absolute Gasteiger partial charge is 0.368 e. The van der Waals surface area contributed by atoms with Crippen molar-refractivity contribution < 1.29 is 13.2 Å². The van der Waals surface area contributed by atoms with E-state index in [0.29, 0.717) is 11.5 Å². The summed E-state index contributed by atoms with van der Waals surface area (Å²) in [5, 5.41) is 2.96. The van der Waals surface area contributed by atoms with Gasteiger partial charge < -0.3 is 4.74 Å². The molecule has 4 rings (SSSR count). The normalized spacial score (nSPS) is 18.2. The Morgan fingerprint density at radius 3 is 2.61 bits per heavy atom. The van der Waals surface area contributed by atoms with E-state index >= 15 is 0 Å². The van der Waals surface area contributed by atoms with Crippen LogP contribution in [0.4, 0.5) is 0 Å². The van der Waals surface area contributed by atoms with Gasteiger partial charge in [0.25, 0.3) is 0 Å². The lowest BCUT2D eigenvalue weighted by Gasteiger charge is -2.32. The van der Waals surface area contributed by atoms with Gasteiger partial charge in [-0.1, -0.05) is 42.5 Å². The highest BCUT2D eigenvalue weighted by molar-refractivity contribution is 7.90. The minimum absolute atomic E-state index is 0.0356. The predicted octanol–water partition coefficient (Wildman–Crippen LogP) is 3.79. The van der Waals surface area contributed by atoms with Crippen molar-refractivity contribution in [1.29, 1.82) is 0 Å². The van der Waals surface area contributed by atoms with Crippen LogP contribution in [0.2, 0.25) is 0 Å². The summed E-state index contributed by atoms with van der Waals surface area (Å²) in [6.45, 7) is 3.33. The molecule has 2 aromatic carbocycles. The molecule has 1 atom stereocenters. The van der Waals surface area contributed by atoms with Gasteiger partial charge in [0.15, 0.2) is 9.84 Å². The molecule has 5 nitrogen and oxygen atoms in total. The highest BCUT2D eigenvalue weighted by Gasteiger charge is 2.24. The number of sulfone groups is 1. The Bertz CT molecular complexity index is 1030. The quantitative estimate of drug-likeness (QED) is 0.636. The third-order valence-corrected chi connectivity index (χ3v) is 6.84. The smallest absolute Gasteiger partial charge is 0.175 e. The minimum atomic E-state index is -3.19. The summed E-state index contributed by atoms with van der Waals surface area (Å²) in [4.78, 5) is 7.47. The van der Waals surface area contributed by atoms with Crippen LogP contribution < -0.4 is 0 Å². The maximum atomic E-state index is 11.6. The summed E-state index contributed by atoms with van der Waals surface area (Å²) in [6.07, 6.45) is 1.18. The number of ether oxygens (including phenoxy) is 1. The number of nitrogens with zero attached hydrogens (tertiary/aromatic N) is 2. The van der Waals surface area contributed by atoms with Crippen molar-refractivity contribution in [2.24, 2.45) is 0 Å². The monoisotopic (exact) mass is 414 g/mol. The van der Waals surface area contributed by atoms with Crippen LogP contribution in [0.3, 0.4) is 0 Å². The number of benzene rings is 2. The van der Waals surface area contributed by atoms with Crippen molar-refractivity contribution in [2.75, 3.05) is 26.0 Å². The molecule has 0 amide bonds. The molecular weight excluding hydrogens is 392 g/mol. The van der Waals surface area contributed by atoms with Gasteiger partial charge in [-0.2, -0.15) is 0 Å². The molecule has 146 valence electrons. The first kappa shape index (κ1) is 19.3. The zero-order chi connectivity index (χ0) is 19.6.